The van der Waals surface area contributed by atoms with E-state index >= 15 is 0 Å². The molecule has 0 bridgehead atoms. The number of nitrogens with zero attached hydrogens (tertiary/aromatic N) is 3. The van der Waals surface area contributed by atoms with Crippen molar-refractivity contribution >= 4 is 29.0 Å². The molecule has 10 heteroatoms. The van der Waals surface area contributed by atoms with E-state index in [2.05, 4.69) is 4.74 Å². The second kappa shape index (κ2) is 8.48. The average molecular weight is 500 g/mol. The minimum atomic E-state index is -4.86. The molecule has 5 rings (SSSR count). The number of hydrogen-bond acceptors (Lipinski definition) is 4. The Hall–Kier alpha value is -3.74. The van der Waals surface area contributed by atoms with Crippen LogP contribution in [0.3, 0.4) is 0 Å². The van der Waals surface area contributed by atoms with Gasteiger partial charge in [0.2, 0.25) is 0 Å². The molecule has 6 nitrogen and oxygen atoms in total. The van der Waals surface area contributed by atoms with Crippen LogP contribution < -0.4 is 14.5 Å². The monoisotopic (exact) mass is 499 g/mol. The Morgan fingerprint density at radius 1 is 1.03 bits per heavy atom. The summed E-state index contributed by atoms with van der Waals surface area (Å²) in [4.78, 5) is 17.1. The van der Waals surface area contributed by atoms with E-state index in [0.717, 1.165) is 0 Å². The summed E-state index contributed by atoms with van der Waals surface area (Å²) in [5.41, 5.74) is 1.03. The molecular formula is C25H17ClF3N3O3. The minimum absolute atomic E-state index is 0.170. The highest BCUT2D eigenvalue weighted by atomic mass is 35.5. The van der Waals surface area contributed by atoms with Crippen molar-refractivity contribution in [2.75, 3.05) is 23.0 Å². The molecule has 3 aromatic carbocycles. The van der Waals surface area contributed by atoms with Gasteiger partial charge in [-0.3, -0.25) is 9.80 Å². The van der Waals surface area contributed by atoms with Crippen LogP contribution in [0.1, 0.15) is 17.2 Å². The second-order valence-corrected chi connectivity index (χ2v) is 8.68. The Morgan fingerprint density at radius 3 is 2.26 bits per heavy atom. The maximum atomic E-state index is 13.9. The number of amides is 2. The molecule has 35 heavy (non-hydrogen) atoms. The molecular weight excluding hydrogens is 483 g/mol. The standard InChI is InChI=1S/C25H17ClF3N3O3/c26-18-6-10-20(11-7-18)32-23(33)31(19-8-4-16(13-30)5-9-19)22(24(32)14-34-15-24)17-2-1-3-21(12-17)35-25(27,28)29/h1-12,22H,14-15H2. The lowest BCUT2D eigenvalue weighted by Crippen LogP contribution is -2.62. The summed E-state index contributed by atoms with van der Waals surface area (Å²) in [6.45, 7) is 0.340. The lowest BCUT2D eigenvalue weighted by molar-refractivity contribution is -0.274. The second-order valence-electron chi connectivity index (χ2n) is 8.24. The van der Waals surface area contributed by atoms with E-state index in [1.165, 1.54) is 23.1 Å². The number of carbonyl (C=O) groups is 1. The van der Waals surface area contributed by atoms with Crippen molar-refractivity contribution < 1.29 is 27.4 Å². The first kappa shape index (κ1) is 23.0. The molecule has 1 spiro atoms. The van der Waals surface area contributed by atoms with Gasteiger partial charge < -0.3 is 9.47 Å². The van der Waals surface area contributed by atoms with Gasteiger partial charge in [0.05, 0.1) is 30.9 Å². The van der Waals surface area contributed by atoms with Gasteiger partial charge in [-0.1, -0.05) is 23.7 Å². The third-order valence-corrected chi connectivity index (χ3v) is 6.33. The Labute approximate surface area is 203 Å². The van der Waals surface area contributed by atoms with Crippen molar-refractivity contribution in [1.82, 2.24) is 0 Å². The first-order chi connectivity index (χ1) is 16.7. The van der Waals surface area contributed by atoms with Crippen LogP contribution in [0.5, 0.6) is 5.75 Å². The highest BCUT2D eigenvalue weighted by molar-refractivity contribution is 6.30. The number of rotatable bonds is 4. The van der Waals surface area contributed by atoms with Crippen LogP contribution in [0.4, 0.5) is 29.3 Å². The molecule has 2 aliphatic rings. The normalized spacial score (nSPS) is 18.9. The predicted molar refractivity (Wildman–Crippen MR) is 122 cm³/mol. The zero-order valence-electron chi connectivity index (χ0n) is 18.0. The molecule has 2 saturated heterocycles. The van der Waals surface area contributed by atoms with Gasteiger partial charge in [0, 0.05) is 16.4 Å². The van der Waals surface area contributed by atoms with Crippen molar-refractivity contribution in [3.05, 3.63) is 88.9 Å². The van der Waals surface area contributed by atoms with Gasteiger partial charge in [-0.2, -0.15) is 5.26 Å². The summed E-state index contributed by atoms with van der Waals surface area (Å²) < 4.78 is 48.5. The zero-order chi connectivity index (χ0) is 24.8. The van der Waals surface area contributed by atoms with Gasteiger partial charge in [0.15, 0.2) is 0 Å². The highest BCUT2D eigenvalue weighted by Gasteiger charge is 2.63. The summed E-state index contributed by atoms with van der Waals surface area (Å²) in [6, 6.07) is 19.7. The van der Waals surface area contributed by atoms with E-state index in [4.69, 9.17) is 16.3 Å². The molecule has 0 aromatic heterocycles. The van der Waals surface area contributed by atoms with Gasteiger partial charge in [0.25, 0.3) is 0 Å². The van der Waals surface area contributed by atoms with Crippen molar-refractivity contribution in [2.45, 2.75) is 17.9 Å². The fraction of sp³-hybridized carbons (Fsp3) is 0.200. The number of ether oxygens (including phenoxy) is 2. The Morgan fingerprint density at radius 2 is 1.69 bits per heavy atom. The number of hydrogen-bond donors (Lipinski definition) is 0. The summed E-state index contributed by atoms with van der Waals surface area (Å²) in [5, 5.41) is 9.67. The number of alkyl halides is 3. The third-order valence-electron chi connectivity index (χ3n) is 6.08. The Balaban J connectivity index is 1.66. The van der Waals surface area contributed by atoms with Crippen LogP contribution in [-0.2, 0) is 4.74 Å². The van der Waals surface area contributed by atoms with Gasteiger partial charge in [-0.05, 0) is 66.2 Å². The molecule has 178 valence electrons. The van der Waals surface area contributed by atoms with Gasteiger partial charge >= 0.3 is 12.4 Å². The van der Waals surface area contributed by atoms with E-state index in [1.807, 2.05) is 6.07 Å². The molecule has 0 radical (unpaired) electrons. The van der Waals surface area contributed by atoms with Crippen LogP contribution in [0.25, 0.3) is 0 Å². The number of anilines is 2. The molecule has 2 aliphatic heterocycles. The molecule has 0 N–H and O–H groups in total. The lowest BCUT2D eigenvalue weighted by atomic mass is 9.82. The third kappa shape index (κ3) is 4.05. The van der Waals surface area contributed by atoms with E-state index < -0.39 is 17.9 Å². The van der Waals surface area contributed by atoms with Crippen LogP contribution in [0, 0.1) is 11.3 Å². The SMILES string of the molecule is N#Cc1ccc(N2C(=O)N(c3ccc(Cl)cc3)C3(COC3)C2c2cccc(OC(F)(F)F)c2)cc1. The molecule has 2 heterocycles. The van der Waals surface area contributed by atoms with Crippen molar-refractivity contribution in [3.8, 4) is 11.8 Å². The van der Waals surface area contributed by atoms with Crippen molar-refractivity contribution in [3.63, 3.8) is 0 Å². The summed E-state index contributed by atoms with van der Waals surface area (Å²) in [6.07, 6.45) is -4.86. The molecule has 0 saturated carbocycles. The zero-order valence-corrected chi connectivity index (χ0v) is 18.8. The highest BCUT2D eigenvalue weighted by Crippen LogP contribution is 2.51. The first-order valence-corrected chi connectivity index (χ1v) is 10.9. The number of urea groups is 1. The largest absolute Gasteiger partial charge is 0.573 e. The van der Waals surface area contributed by atoms with E-state index in [-0.39, 0.29) is 25.0 Å². The fourth-order valence-corrected chi connectivity index (χ4v) is 4.75. The molecule has 2 amide bonds. The maximum Gasteiger partial charge on any atom is 0.573 e. The minimum Gasteiger partial charge on any atom is -0.406 e. The van der Waals surface area contributed by atoms with Crippen LogP contribution in [-0.4, -0.2) is 31.1 Å². The molecule has 2 fully saturated rings. The number of nitriles is 1. The number of carbonyl (C=O) groups excluding carboxylic acids is 1. The Kier molecular flexibility index (Phi) is 5.58. The van der Waals surface area contributed by atoms with Crippen LogP contribution in [0.15, 0.2) is 72.8 Å². The van der Waals surface area contributed by atoms with Crippen molar-refractivity contribution in [2.24, 2.45) is 0 Å². The quantitative estimate of drug-likeness (QED) is 0.437. The van der Waals surface area contributed by atoms with Gasteiger partial charge in [0.1, 0.15) is 11.3 Å². The van der Waals surface area contributed by atoms with E-state index in [9.17, 15) is 23.2 Å². The molecule has 1 unspecified atom stereocenters. The fourth-order valence-electron chi connectivity index (χ4n) is 4.62. The molecule has 1 atom stereocenters. The first-order valence-electron chi connectivity index (χ1n) is 10.5. The smallest absolute Gasteiger partial charge is 0.406 e. The predicted octanol–water partition coefficient (Wildman–Crippen LogP) is 6.07. The summed E-state index contributed by atoms with van der Waals surface area (Å²) >= 11 is 6.05. The van der Waals surface area contributed by atoms with E-state index in [1.54, 1.807) is 59.5 Å². The van der Waals surface area contributed by atoms with Crippen molar-refractivity contribution in [1.29, 1.82) is 5.26 Å². The van der Waals surface area contributed by atoms with E-state index in [0.29, 0.717) is 27.5 Å². The van der Waals surface area contributed by atoms with Gasteiger partial charge in [-0.15, -0.1) is 13.2 Å². The summed E-state index contributed by atoms with van der Waals surface area (Å²) in [7, 11) is 0. The maximum absolute atomic E-state index is 13.9. The average Bonchev–Trinajstić information content (AvgIpc) is 3.08. The Bertz CT molecular complexity index is 1300. The van der Waals surface area contributed by atoms with Crippen LogP contribution in [0.2, 0.25) is 5.02 Å². The summed E-state index contributed by atoms with van der Waals surface area (Å²) in [5.74, 6) is -0.387. The number of benzene rings is 3. The van der Waals surface area contributed by atoms with Gasteiger partial charge in [-0.25, -0.2) is 4.79 Å². The molecule has 3 aromatic rings. The topological polar surface area (TPSA) is 65.8 Å². The number of halogens is 4. The lowest BCUT2D eigenvalue weighted by Gasteiger charge is -2.47. The van der Waals surface area contributed by atoms with Crippen LogP contribution >= 0.6 is 11.6 Å². The molecule has 0 aliphatic carbocycles.